The fourth-order valence-electron chi connectivity index (χ4n) is 0. The van der Waals surface area contributed by atoms with Crippen LogP contribution in [0.3, 0.4) is 0 Å². The molecule has 0 aliphatic heterocycles. The smallest absolute Gasteiger partial charge is 0.176 e. The summed E-state index contributed by atoms with van der Waals surface area (Å²) in [5, 5.41) is 7.90. The standard InChI is InChI=1S/C2H7NOS3/c3-1(5)2(4,6)7/h1,4-7H,3H2. The van der Waals surface area contributed by atoms with Gasteiger partial charge in [-0.15, -0.1) is 25.3 Å². The highest BCUT2D eigenvalue weighted by Crippen LogP contribution is 2.19. The van der Waals surface area contributed by atoms with Crippen LogP contribution in [0.1, 0.15) is 0 Å². The van der Waals surface area contributed by atoms with Crippen LogP contribution in [-0.2, 0) is 0 Å². The molecule has 7 heavy (non-hydrogen) atoms. The van der Waals surface area contributed by atoms with E-state index in [0.29, 0.717) is 0 Å². The molecule has 0 spiro atoms. The predicted molar refractivity (Wildman–Crippen MR) is 39.9 cm³/mol. The topological polar surface area (TPSA) is 46.2 Å². The third kappa shape index (κ3) is 3.54. The molecule has 0 radical (unpaired) electrons. The van der Waals surface area contributed by atoms with E-state index in [1.807, 2.05) is 0 Å². The molecule has 0 aromatic heterocycles. The van der Waals surface area contributed by atoms with Crippen molar-refractivity contribution in [3.05, 3.63) is 0 Å². The summed E-state index contributed by atoms with van der Waals surface area (Å²) in [6.45, 7) is 0. The SMILES string of the molecule is NC(S)C(O)(S)S. The molecule has 0 bridgehead atoms. The van der Waals surface area contributed by atoms with Gasteiger partial charge in [0.25, 0.3) is 0 Å². The van der Waals surface area contributed by atoms with Gasteiger partial charge in [-0.25, -0.2) is 0 Å². The Morgan fingerprint density at radius 3 is 1.71 bits per heavy atom. The zero-order valence-electron chi connectivity index (χ0n) is 3.44. The van der Waals surface area contributed by atoms with Crippen molar-refractivity contribution >= 4 is 37.9 Å². The highest BCUT2D eigenvalue weighted by Gasteiger charge is 2.20. The summed E-state index contributed by atoms with van der Waals surface area (Å²) in [6.07, 6.45) is 0. The Balaban J connectivity index is 3.54. The lowest BCUT2D eigenvalue weighted by Gasteiger charge is -2.17. The van der Waals surface area contributed by atoms with E-state index in [1.54, 1.807) is 0 Å². The number of thiol groups is 3. The van der Waals surface area contributed by atoms with Gasteiger partial charge < -0.3 is 10.8 Å². The van der Waals surface area contributed by atoms with Crippen LogP contribution < -0.4 is 5.73 Å². The number of aliphatic hydroxyl groups is 1. The van der Waals surface area contributed by atoms with Crippen LogP contribution in [0.2, 0.25) is 0 Å². The Morgan fingerprint density at radius 1 is 1.57 bits per heavy atom. The minimum absolute atomic E-state index is 0.723. The number of hydrogen-bond acceptors (Lipinski definition) is 5. The van der Waals surface area contributed by atoms with E-state index in [9.17, 15) is 0 Å². The molecule has 0 aromatic carbocycles. The molecular formula is C2H7NOS3. The maximum Gasteiger partial charge on any atom is 0.176 e. The van der Waals surface area contributed by atoms with Crippen LogP contribution in [0.5, 0.6) is 0 Å². The van der Waals surface area contributed by atoms with Crippen molar-refractivity contribution in [3.63, 3.8) is 0 Å². The molecule has 0 saturated heterocycles. The highest BCUT2D eigenvalue weighted by atomic mass is 32.2. The lowest BCUT2D eigenvalue weighted by atomic mass is 10.7. The molecule has 0 fully saturated rings. The normalized spacial score (nSPS) is 16.7. The molecule has 1 unspecified atom stereocenters. The second-order valence-corrected chi connectivity index (χ2v) is 3.40. The monoisotopic (exact) mass is 157 g/mol. The average molecular weight is 157 g/mol. The minimum Gasteiger partial charge on any atom is -0.369 e. The number of hydrogen-bond donors (Lipinski definition) is 5. The predicted octanol–water partition coefficient (Wildman–Crippen LogP) is -0.293. The van der Waals surface area contributed by atoms with Crippen molar-refractivity contribution in [1.29, 1.82) is 0 Å². The van der Waals surface area contributed by atoms with Crippen LogP contribution in [0.15, 0.2) is 0 Å². The molecular weight excluding hydrogens is 150 g/mol. The summed E-state index contributed by atoms with van der Waals surface area (Å²) >= 11 is 10.8. The van der Waals surface area contributed by atoms with Crippen LogP contribution in [0, 0.1) is 0 Å². The molecule has 0 heterocycles. The van der Waals surface area contributed by atoms with Crippen LogP contribution in [0.4, 0.5) is 0 Å². The van der Waals surface area contributed by atoms with Gasteiger partial charge in [0.2, 0.25) is 0 Å². The average Bonchev–Trinajstić information content (AvgIpc) is 1.31. The second-order valence-electron chi connectivity index (χ2n) is 1.13. The molecule has 2 nitrogen and oxygen atoms in total. The van der Waals surface area contributed by atoms with Crippen molar-refractivity contribution in [2.75, 3.05) is 0 Å². The largest absolute Gasteiger partial charge is 0.369 e. The fraction of sp³-hybridized carbons (Fsp3) is 1.00. The van der Waals surface area contributed by atoms with Gasteiger partial charge in [0, 0.05) is 0 Å². The van der Waals surface area contributed by atoms with Crippen molar-refractivity contribution < 1.29 is 5.11 Å². The van der Waals surface area contributed by atoms with Crippen LogP contribution in [-0.4, -0.2) is 14.7 Å². The van der Waals surface area contributed by atoms with E-state index < -0.39 is 9.64 Å². The number of rotatable bonds is 1. The van der Waals surface area contributed by atoms with Gasteiger partial charge >= 0.3 is 0 Å². The molecule has 0 amide bonds. The van der Waals surface area contributed by atoms with E-state index >= 15 is 0 Å². The van der Waals surface area contributed by atoms with E-state index in [1.165, 1.54) is 0 Å². The fourth-order valence-corrected chi connectivity index (χ4v) is 0. The first-order valence-electron chi connectivity index (χ1n) is 1.55. The molecule has 0 aliphatic carbocycles. The first-order chi connectivity index (χ1) is 2.94. The van der Waals surface area contributed by atoms with E-state index in [4.69, 9.17) is 10.8 Å². The highest BCUT2D eigenvalue weighted by molar-refractivity contribution is 8.01. The Labute approximate surface area is 58.7 Å². The Kier molecular flexibility index (Phi) is 2.85. The number of nitrogens with two attached hydrogens (primary N) is 1. The van der Waals surface area contributed by atoms with Crippen molar-refractivity contribution in [1.82, 2.24) is 0 Å². The Bertz CT molecular complexity index is 58.4. The van der Waals surface area contributed by atoms with Gasteiger partial charge in [-0.1, -0.05) is 0 Å². The molecule has 44 valence electrons. The van der Waals surface area contributed by atoms with Crippen LogP contribution >= 0.6 is 37.9 Å². The van der Waals surface area contributed by atoms with E-state index in [0.717, 1.165) is 0 Å². The first kappa shape index (κ1) is 7.97. The van der Waals surface area contributed by atoms with Crippen molar-refractivity contribution in [2.45, 2.75) is 9.64 Å². The molecule has 5 heteroatoms. The molecule has 3 N–H and O–H groups in total. The van der Waals surface area contributed by atoms with Gasteiger partial charge in [0.05, 0.1) is 5.37 Å². The summed E-state index contributed by atoms with van der Waals surface area (Å²) in [7, 11) is 0. The summed E-state index contributed by atoms with van der Waals surface area (Å²) in [5.74, 6) is 0. The maximum absolute atomic E-state index is 8.62. The maximum atomic E-state index is 8.62. The summed E-state index contributed by atoms with van der Waals surface area (Å²) in [4.78, 5) is 0. The van der Waals surface area contributed by atoms with E-state index in [2.05, 4.69) is 37.9 Å². The van der Waals surface area contributed by atoms with Gasteiger partial charge in [0.15, 0.2) is 4.27 Å². The van der Waals surface area contributed by atoms with Crippen molar-refractivity contribution in [3.8, 4) is 0 Å². The Morgan fingerprint density at radius 2 is 1.71 bits per heavy atom. The molecule has 0 saturated carbocycles. The summed E-state index contributed by atoms with van der Waals surface area (Å²) in [6, 6.07) is 0. The first-order valence-corrected chi connectivity index (χ1v) is 2.96. The lowest BCUT2D eigenvalue weighted by molar-refractivity contribution is 0.233. The molecule has 1 atom stereocenters. The molecule has 0 aromatic rings. The van der Waals surface area contributed by atoms with Gasteiger partial charge in [-0.2, -0.15) is 12.6 Å². The summed E-state index contributed by atoms with van der Waals surface area (Å²) in [5.41, 5.74) is 5.03. The Hall–Kier alpha value is 0.970. The van der Waals surface area contributed by atoms with Crippen molar-refractivity contribution in [2.24, 2.45) is 5.73 Å². The third-order valence-corrected chi connectivity index (χ3v) is 1.73. The second kappa shape index (κ2) is 2.50. The zero-order chi connectivity index (χ0) is 6.08. The van der Waals surface area contributed by atoms with Gasteiger partial charge in [0.1, 0.15) is 0 Å². The van der Waals surface area contributed by atoms with E-state index in [-0.39, 0.29) is 0 Å². The molecule has 0 rings (SSSR count). The van der Waals surface area contributed by atoms with Gasteiger partial charge in [-0.3, -0.25) is 0 Å². The zero-order valence-corrected chi connectivity index (χ0v) is 6.13. The lowest BCUT2D eigenvalue weighted by Crippen LogP contribution is -2.33. The summed E-state index contributed by atoms with van der Waals surface area (Å²) < 4.78 is -1.47. The minimum atomic E-state index is -1.47. The molecule has 0 aliphatic rings. The van der Waals surface area contributed by atoms with Gasteiger partial charge in [-0.05, 0) is 0 Å². The van der Waals surface area contributed by atoms with Crippen LogP contribution in [0.25, 0.3) is 0 Å². The third-order valence-electron chi connectivity index (χ3n) is 0.397. The quantitative estimate of drug-likeness (QED) is 0.268.